The lowest BCUT2D eigenvalue weighted by Crippen LogP contribution is -2.67. The fourth-order valence-electron chi connectivity index (χ4n) is 5.29. The number of amides is 1. The number of hydrogen-bond donors (Lipinski definition) is 4. The van der Waals surface area contributed by atoms with Crippen LogP contribution in [0.25, 0.3) is 0 Å². The van der Waals surface area contributed by atoms with Crippen LogP contribution in [0.1, 0.15) is 23.2 Å². The van der Waals surface area contributed by atoms with Crippen LogP contribution in [0.2, 0.25) is 25.7 Å². The van der Waals surface area contributed by atoms with E-state index in [1.807, 2.05) is 0 Å². The molecule has 0 aliphatic heterocycles. The van der Waals surface area contributed by atoms with Gasteiger partial charge in [-0.3, -0.25) is 4.79 Å². The number of carbonyl (C=O) groups is 1. The van der Waals surface area contributed by atoms with Gasteiger partial charge in [-0.15, -0.1) is 20.5 Å². The lowest BCUT2D eigenvalue weighted by Gasteiger charge is -2.65. The van der Waals surface area contributed by atoms with E-state index in [4.69, 9.17) is 131 Å². The summed E-state index contributed by atoms with van der Waals surface area (Å²) in [5, 5.41) is 4.70. The molecule has 5 N–H and O–H groups in total. The molecule has 39 heavy (non-hydrogen) atoms. The number of nitrogens with zero attached hydrogens (tertiary/aromatic N) is 2. The van der Waals surface area contributed by atoms with E-state index in [0.717, 1.165) is 0 Å². The third-order valence-electron chi connectivity index (χ3n) is 6.48. The molecule has 1 fully saturated rings. The van der Waals surface area contributed by atoms with E-state index in [1.54, 1.807) is 0 Å². The van der Waals surface area contributed by atoms with Crippen molar-refractivity contribution in [3.63, 3.8) is 0 Å². The summed E-state index contributed by atoms with van der Waals surface area (Å²) in [5.41, 5.74) is -0.190. The van der Waals surface area contributed by atoms with Gasteiger partial charge in [0.1, 0.15) is 21.5 Å². The molecule has 0 spiro atoms. The molecule has 160 valence electrons. The summed E-state index contributed by atoms with van der Waals surface area (Å²) in [5.74, 6) is -3.31. The molecule has 1 heterocycles. The minimum atomic E-state index is -2.57. The zero-order valence-electron chi connectivity index (χ0n) is 21.1. The predicted octanol–water partition coefficient (Wildman–Crippen LogP) is -6.66. The van der Waals surface area contributed by atoms with Crippen molar-refractivity contribution in [2.75, 3.05) is 10.6 Å². The van der Waals surface area contributed by atoms with Gasteiger partial charge in [0.15, 0.2) is 0 Å². The number of hydrogen-bond acceptors (Lipinski definition) is 6. The predicted molar refractivity (Wildman–Crippen MR) is 167 cm³/mol. The molecule has 7 nitrogen and oxygen atoms in total. The summed E-state index contributed by atoms with van der Waals surface area (Å²) < 4.78 is 0. The second-order valence-corrected chi connectivity index (χ2v) is 10.5. The summed E-state index contributed by atoms with van der Waals surface area (Å²) in [4.78, 5) is 20.3. The Balaban J connectivity index is 2.66. The van der Waals surface area contributed by atoms with Crippen molar-refractivity contribution < 1.29 is 9.90 Å². The Labute approximate surface area is 251 Å². The van der Waals surface area contributed by atoms with E-state index in [1.165, 1.54) is 0 Å². The van der Waals surface area contributed by atoms with Crippen molar-refractivity contribution in [1.82, 2.24) is 9.97 Å². The summed E-state index contributed by atoms with van der Waals surface area (Å²) >= 11 is 0. The molecular formula is C16H11B16N5O2. The number of aromatic nitrogens is 2. The Kier molecular flexibility index (Phi) is 9.21. The van der Waals surface area contributed by atoms with Crippen LogP contribution in [0, 0.1) is 5.92 Å². The van der Waals surface area contributed by atoms with Crippen LogP contribution in [0.4, 0.5) is 11.8 Å². The topological polar surface area (TPSA) is 113 Å². The molecule has 3 unspecified atom stereocenters. The molecule has 1 aliphatic rings. The smallest absolute Gasteiger partial charge is 0.253 e. The second-order valence-electron chi connectivity index (χ2n) is 10.5. The maximum atomic E-state index is 12.2. The molecule has 0 bridgehead atoms. The molecule has 0 saturated heterocycles. The zero-order valence-corrected chi connectivity index (χ0v) is 21.1. The van der Waals surface area contributed by atoms with E-state index < -0.39 is 71.7 Å². The van der Waals surface area contributed by atoms with Gasteiger partial charge in [-0.1, -0.05) is 5.21 Å². The quantitative estimate of drug-likeness (QED) is 0.263. The van der Waals surface area contributed by atoms with E-state index in [2.05, 4.69) is 20.6 Å². The van der Waals surface area contributed by atoms with Crippen LogP contribution >= 0.6 is 0 Å². The van der Waals surface area contributed by atoms with Crippen LogP contribution < -0.4 is 22.0 Å². The third kappa shape index (κ3) is 6.64. The summed E-state index contributed by atoms with van der Waals surface area (Å²) in [7, 11) is 94.6. The maximum Gasteiger partial charge on any atom is 0.253 e. The maximum absolute atomic E-state index is 12.2. The molecule has 1 aromatic heterocycles. The van der Waals surface area contributed by atoms with Crippen molar-refractivity contribution in [2.24, 2.45) is 11.7 Å². The molecular weight excluding hydrogens is 467 g/mol. The monoisotopic (exact) mass is 481 g/mol. The Hall–Kier alpha value is -0.851. The molecule has 1 saturated carbocycles. The first kappa shape index (κ1) is 34.4. The van der Waals surface area contributed by atoms with Gasteiger partial charge in [-0.25, -0.2) is 4.98 Å². The minimum Gasteiger partial charge on any atom is -0.400 e. The van der Waals surface area contributed by atoms with Crippen LogP contribution in [-0.4, -0.2) is 164 Å². The highest BCUT2D eigenvalue weighted by Gasteiger charge is 2.55. The Morgan fingerprint density at radius 1 is 0.872 bits per heavy atom. The second kappa shape index (κ2) is 10.5. The summed E-state index contributed by atoms with van der Waals surface area (Å²) in [6, 6.07) is -0.911. The van der Waals surface area contributed by atoms with Crippen LogP contribution in [0.15, 0.2) is 0 Å². The first-order valence-electron chi connectivity index (χ1n) is 11.2. The summed E-state index contributed by atoms with van der Waals surface area (Å²) in [6.07, 6.45) is -0.464. The standard InChI is InChI=1S/C16H11B16N5O2/c17-5-4(6(33)38)7(34-3-1-10(18,19)8(12(21,22)23)11(20,39)2-3)36-9(35-5)37-13(14(24,25)26,15(27,28)29)16(30,31)32/h3,8,39H,1-2H2,(H2,33,38)(H2,34,35,36,37). The zero-order chi connectivity index (χ0) is 30.8. The Morgan fingerprint density at radius 3 is 1.69 bits per heavy atom. The molecule has 0 aromatic carbocycles. The van der Waals surface area contributed by atoms with Gasteiger partial charge in [-0.05, 0) is 24.3 Å². The highest BCUT2D eigenvalue weighted by Crippen LogP contribution is 2.56. The first-order valence-corrected chi connectivity index (χ1v) is 11.2. The van der Waals surface area contributed by atoms with Crippen LogP contribution in [0.5, 0.6) is 0 Å². The third-order valence-corrected chi connectivity index (χ3v) is 6.48. The van der Waals surface area contributed by atoms with Gasteiger partial charge in [0.05, 0.1) is 115 Å². The number of nitrogens with two attached hydrogens (primary N) is 1. The fourth-order valence-corrected chi connectivity index (χ4v) is 5.29. The number of rotatable bonds is 9. The van der Waals surface area contributed by atoms with Gasteiger partial charge in [0.25, 0.3) is 5.91 Å². The largest absolute Gasteiger partial charge is 0.400 e. The normalized spacial score (nSPS) is 24.4. The van der Waals surface area contributed by atoms with Crippen molar-refractivity contribution in [1.29, 1.82) is 0 Å². The molecule has 23 heteroatoms. The number of aliphatic hydroxyl groups is 1. The van der Waals surface area contributed by atoms with Crippen molar-refractivity contribution in [3.05, 3.63) is 5.56 Å². The summed E-state index contributed by atoms with van der Waals surface area (Å²) in [6.45, 7) is 0. The molecule has 1 aromatic rings. The fraction of sp³-hybridized carbons (Fsp3) is 0.688. The van der Waals surface area contributed by atoms with Gasteiger partial charge in [0, 0.05) is 17.1 Å². The van der Waals surface area contributed by atoms with Crippen LogP contribution in [0.3, 0.4) is 0 Å². The lowest BCUT2D eigenvalue weighted by atomic mass is 9.12. The van der Waals surface area contributed by atoms with Crippen molar-refractivity contribution in [3.8, 4) is 0 Å². The van der Waals surface area contributed by atoms with E-state index >= 15 is 0 Å². The lowest BCUT2D eigenvalue weighted by molar-refractivity contribution is 0.0157. The Bertz CT molecular complexity index is 1040. The molecule has 1 aliphatic carbocycles. The first-order chi connectivity index (χ1) is 17.1. The van der Waals surface area contributed by atoms with Gasteiger partial charge in [-0.2, -0.15) is 4.98 Å². The number of anilines is 2. The van der Waals surface area contributed by atoms with Gasteiger partial charge in [0.2, 0.25) is 5.95 Å². The van der Waals surface area contributed by atoms with Crippen molar-refractivity contribution in [2.45, 2.75) is 55.6 Å². The highest BCUT2D eigenvalue weighted by molar-refractivity contribution is 6.71. The molecule has 2 rings (SSSR count). The van der Waals surface area contributed by atoms with Gasteiger partial charge < -0.3 is 21.5 Å². The molecule has 3 atom stereocenters. The van der Waals surface area contributed by atoms with E-state index in [-0.39, 0.29) is 18.7 Å². The van der Waals surface area contributed by atoms with E-state index in [0.29, 0.717) is 0 Å². The number of nitrogens with one attached hydrogen (secondary N) is 2. The van der Waals surface area contributed by atoms with E-state index in [9.17, 15) is 9.90 Å². The average molecular weight is 478 g/mol. The number of carbonyl (C=O) groups excluding carboxylic acids is 1. The van der Waals surface area contributed by atoms with Crippen molar-refractivity contribution >= 4 is 149 Å². The average Bonchev–Trinajstić information content (AvgIpc) is 2.58. The molecule has 1 amide bonds. The number of primary amides is 1. The SMILES string of the molecule is [B]c1nc(NC(C([B])([B])[B])(C([B])([B])[B])C([B])([B])[B])nc(NC2CC([B])([B])C(C([B])([B])[B])C([B])(O)C2)c1C(N)=O. The Morgan fingerprint density at radius 2 is 1.33 bits per heavy atom. The van der Waals surface area contributed by atoms with Gasteiger partial charge >= 0.3 is 0 Å². The van der Waals surface area contributed by atoms with Crippen LogP contribution in [-0.2, 0) is 0 Å². The minimum absolute atomic E-state index is 0.161. The highest BCUT2D eigenvalue weighted by atomic mass is 16.3. The molecule has 32 radical (unpaired) electrons.